The van der Waals surface area contributed by atoms with Crippen LogP contribution in [0.2, 0.25) is 0 Å². The lowest BCUT2D eigenvalue weighted by atomic mass is 10.1. The van der Waals surface area contributed by atoms with Crippen molar-refractivity contribution in [2.75, 3.05) is 6.61 Å². The van der Waals surface area contributed by atoms with E-state index in [1.54, 1.807) is 13.1 Å². The van der Waals surface area contributed by atoms with Crippen molar-refractivity contribution in [3.8, 4) is 0 Å². The third-order valence-electron chi connectivity index (χ3n) is 1.94. The highest BCUT2D eigenvalue weighted by atomic mass is 16.5. The van der Waals surface area contributed by atoms with Crippen LogP contribution in [0.3, 0.4) is 0 Å². The van der Waals surface area contributed by atoms with E-state index in [4.69, 9.17) is 4.74 Å². The SMILES string of the molecule is CCOC(=O)/C=C(\C)c1ccc(C)cn1. The first-order valence-electron chi connectivity index (χ1n) is 4.91. The molecule has 0 spiro atoms. The van der Waals surface area contributed by atoms with E-state index in [2.05, 4.69) is 4.98 Å². The van der Waals surface area contributed by atoms with Gasteiger partial charge in [0.2, 0.25) is 0 Å². The predicted octanol–water partition coefficient (Wildman–Crippen LogP) is 2.36. The van der Waals surface area contributed by atoms with E-state index in [1.165, 1.54) is 6.08 Å². The van der Waals surface area contributed by atoms with Crippen LogP contribution in [0.5, 0.6) is 0 Å². The van der Waals surface area contributed by atoms with Gasteiger partial charge in [0.25, 0.3) is 0 Å². The topological polar surface area (TPSA) is 39.2 Å². The number of allylic oxidation sites excluding steroid dienone is 1. The molecule has 3 heteroatoms. The molecule has 0 unspecified atom stereocenters. The zero-order valence-corrected chi connectivity index (χ0v) is 9.28. The van der Waals surface area contributed by atoms with Gasteiger partial charge < -0.3 is 4.74 Å². The zero-order valence-electron chi connectivity index (χ0n) is 9.28. The van der Waals surface area contributed by atoms with Gasteiger partial charge in [0, 0.05) is 12.3 Å². The third-order valence-corrected chi connectivity index (χ3v) is 1.94. The molecule has 0 N–H and O–H groups in total. The van der Waals surface area contributed by atoms with E-state index in [0.29, 0.717) is 6.61 Å². The number of aromatic nitrogens is 1. The van der Waals surface area contributed by atoms with Crippen molar-refractivity contribution in [2.24, 2.45) is 0 Å². The lowest BCUT2D eigenvalue weighted by Gasteiger charge is -2.01. The summed E-state index contributed by atoms with van der Waals surface area (Å²) in [7, 11) is 0. The fourth-order valence-electron chi connectivity index (χ4n) is 1.14. The van der Waals surface area contributed by atoms with Gasteiger partial charge in [-0.1, -0.05) is 6.07 Å². The molecular weight excluding hydrogens is 190 g/mol. The van der Waals surface area contributed by atoms with Gasteiger partial charge in [0.05, 0.1) is 12.3 Å². The summed E-state index contributed by atoms with van der Waals surface area (Å²) in [5, 5.41) is 0. The highest BCUT2D eigenvalue weighted by Crippen LogP contribution is 2.10. The minimum Gasteiger partial charge on any atom is -0.463 e. The second kappa shape index (κ2) is 5.29. The first-order valence-corrected chi connectivity index (χ1v) is 4.91. The van der Waals surface area contributed by atoms with Crippen LogP contribution >= 0.6 is 0 Å². The summed E-state index contributed by atoms with van der Waals surface area (Å²) in [6.45, 7) is 5.99. The molecule has 80 valence electrons. The van der Waals surface area contributed by atoms with Gasteiger partial charge in [-0.2, -0.15) is 0 Å². The molecule has 0 aliphatic carbocycles. The number of pyridine rings is 1. The van der Waals surface area contributed by atoms with Gasteiger partial charge in [-0.15, -0.1) is 0 Å². The lowest BCUT2D eigenvalue weighted by molar-refractivity contribution is -0.137. The number of esters is 1. The Morgan fingerprint density at radius 3 is 2.80 bits per heavy atom. The molecule has 1 aromatic heterocycles. The maximum Gasteiger partial charge on any atom is 0.331 e. The Kier molecular flexibility index (Phi) is 4.03. The number of carbonyl (C=O) groups is 1. The van der Waals surface area contributed by atoms with Crippen LogP contribution in [-0.4, -0.2) is 17.6 Å². The minimum absolute atomic E-state index is 0.322. The van der Waals surface area contributed by atoms with E-state index in [-0.39, 0.29) is 5.97 Å². The fourth-order valence-corrected chi connectivity index (χ4v) is 1.14. The first-order chi connectivity index (χ1) is 7.13. The number of ether oxygens (including phenoxy) is 1. The second-order valence-electron chi connectivity index (χ2n) is 3.30. The van der Waals surface area contributed by atoms with Crippen molar-refractivity contribution in [2.45, 2.75) is 20.8 Å². The van der Waals surface area contributed by atoms with Crippen molar-refractivity contribution in [3.05, 3.63) is 35.7 Å². The van der Waals surface area contributed by atoms with E-state index in [9.17, 15) is 4.79 Å². The van der Waals surface area contributed by atoms with E-state index in [0.717, 1.165) is 16.8 Å². The molecule has 1 rings (SSSR count). The number of rotatable bonds is 3. The van der Waals surface area contributed by atoms with E-state index >= 15 is 0 Å². The molecule has 1 heterocycles. The Hall–Kier alpha value is -1.64. The van der Waals surface area contributed by atoms with E-state index < -0.39 is 0 Å². The van der Waals surface area contributed by atoms with Gasteiger partial charge in [-0.05, 0) is 38.0 Å². The Labute approximate surface area is 89.8 Å². The molecule has 1 aromatic rings. The summed E-state index contributed by atoms with van der Waals surface area (Å²) >= 11 is 0. The van der Waals surface area contributed by atoms with Crippen LogP contribution < -0.4 is 0 Å². The summed E-state index contributed by atoms with van der Waals surface area (Å²) in [5.41, 5.74) is 2.71. The average molecular weight is 205 g/mol. The molecule has 0 saturated heterocycles. The summed E-state index contributed by atoms with van der Waals surface area (Å²) in [5.74, 6) is -0.322. The summed E-state index contributed by atoms with van der Waals surface area (Å²) < 4.78 is 4.81. The molecule has 3 nitrogen and oxygen atoms in total. The summed E-state index contributed by atoms with van der Waals surface area (Å²) in [6.07, 6.45) is 3.24. The maximum absolute atomic E-state index is 11.2. The zero-order chi connectivity index (χ0) is 11.3. The summed E-state index contributed by atoms with van der Waals surface area (Å²) in [6, 6.07) is 3.85. The Balaban J connectivity index is 2.79. The van der Waals surface area contributed by atoms with Crippen LogP contribution in [-0.2, 0) is 9.53 Å². The standard InChI is InChI=1S/C12H15NO2/c1-4-15-12(14)7-10(3)11-6-5-9(2)8-13-11/h5-8H,4H2,1-3H3/b10-7+. The van der Waals surface area contributed by atoms with Crippen LogP contribution in [0, 0.1) is 6.92 Å². The number of carbonyl (C=O) groups excluding carboxylic acids is 1. The smallest absolute Gasteiger partial charge is 0.331 e. The summed E-state index contributed by atoms with van der Waals surface area (Å²) in [4.78, 5) is 15.4. The molecule has 0 amide bonds. The van der Waals surface area contributed by atoms with Crippen LogP contribution in [0.15, 0.2) is 24.4 Å². The highest BCUT2D eigenvalue weighted by molar-refractivity contribution is 5.90. The molecule has 0 aliphatic heterocycles. The normalized spacial score (nSPS) is 11.3. The van der Waals surface area contributed by atoms with Crippen molar-refractivity contribution in [1.82, 2.24) is 4.98 Å². The largest absolute Gasteiger partial charge is 0.463 e. The molecule has 0 aliphatic rings. The van der Waals surface area contributed by atoms with Crippen LogP contribution in [0.25, 0.3) is 5.57 Å². The highest BCUT2D eigenvalue weighted by Gasteiger charge is 2.01. The Morgan fingerprint density at radius 2 is 2.27 bits per heavy atom. The number of nitrogens with zero attached hydrogens (tertiary/aromatic N) is 1. The monoisotopic (exact) mass is 205 g/mol. The van der Waals surface area contributed by atoms with Crippen molar-refractivity contribution < 1.29 is 9.53 Å². The molecule has 0 fully saturated rings. The molecular formula is C12H15NO2. The van der Waals surface area contributed by atoms with Gasteiger partial charge >= 0.3 is 5.97 Å². The lowest BCUT2D eigenvalue weighted by Crippen LogP contribution is -2.00. The first kappa shape index (κ1) is 11.4. The van der Waals surface area contributed by atoms with Gasteiger partial charge in [-0.3, -0.25) is 4.98 Å². The van der Waals surface area contributed by atoms with Crippen molar-refractivity contribution in [3.63, 3.8) is 0 Å². The molecule has 0 aromatic carbocycles. The van der Waals surface area contributed by atoms with Crippen molar-refractivity contribution >= 4 is 11.5 Å². The quantitative estimate of drug-likeness (QED) is 0.561. The molecule has 0 atom stereocenters. The minimum atomic E-state index is -0.322. The predicted molar refractivity (Wildman–Crippen MR) is 59.3 cm³/mol. The van der Waals surface area contributed by atoms with Crippen LogP contribution in [0.1, 0.15) is 25.1 Å². The van der Waals surface area contributed by atoms with Crippen molar-refractivity contribution in [1.29, 1.82) is 0 Å². The second-order valence-corrected chi connectivity index (χ2v) is 3.30. The number of hydrogen-bond donors (Lipinski definition) is 0. The molecule has 0 saturated carbocycles. The molecule has 15 heavy (non-hydrogen) atoms. The Morgan fingerprint density at radius 1 is 1.53 bits per heavy atom. The fraction of sp³-hybridized carbons (Fsp3) is 0.333. The Bertz CT molecular complexity index is 366. The average Bonchev–Trinajstić information content (AvgIpc) is 2.18. The number of hydrogen-bond acceptors (Lipinski definition) is 3. The van der Waals surface area contributed by atoms with Gasteiger partial charge in [0.15, 0.2) is 0 Å². The van der Waals surface area contributed by atoms with Crippen LogP contribution in [0.4, 0.5) is 0 Å². The van der Waals surface area contributed by atoms with Gasteiger partial charge in [-0.25, -0.2) is 4.79 Å². The third kappa shape index (κ3) is 3.54. The van der Waals surface area contributed by atoms with E-state index in [1.807, 2.05) is 26.0 Å². The maximum atomic E-state index is 11.2. The molecule has 0 radical (unpaired) electrons. The number of aryl methyl sites for hydroxylation is 1. The van der Waals surface area contributed by atoms with Gasteiger partial charge in [0.1, 0.15) is 0 Å². The molecule has 0 bridgehead atoms.